The maximum Gasteiger partial charge on any atom is 0.301 e. The quantitative estimate of drug-likeness (QED) is 0.284. The van der Waals surface area contributed by atoms with Gasteiger partial charge in [0, 0.05) is 22.8 Å². The van der Waals surface area contributed by atoms with Crippen molar-refractivity contribution in [2.75, 3.05) is 4.90 Å². The number of aliphatic hydroxyl groups excluding tert-OH is 1. The summed E-state index contributed by atoms with van der Waals surface area (Å²) >= 11 is 7.29. The number of nitrogens with zero attached hydrogens (tertiary/aromatic N) is 4. The highest BCUT2D eigenvalue weighted by atomic mass is 35.5. The number of carbonyl (C=O) groups is 2. The Labute approximate surface area is 185 Å². The third-order valence-corrected chi connectivity index (χ3v) is 6.21. The molecule has 0 aliphatic carbocycles. The SMILES string of the molecule is Cc1nc2ccccn2c1C(O)=C1C(=O)C(=O)N(c2nccs2)C1c1ccc(Cl)cc1. The molecule has 5 rings (SSSR count). The lowest BCUT2D eigenvalue weighted by atomic mass is 9.96. The predicted octanol–water partition coefficient (Wildman–Crippen LogP) is 4.38. The fourth-order valence-corrected chi connectivity index (χ4v) is 4.64. The number of fused-ring (bicyclic) bond motifs is 1. The molecule has 0 saturated carbocycles. The first-order valence-corrected chi connectivity index (χ1v) is 10.6. The first-order valence-electron chi connectivity index (χ1n) is 9.37. The van der Waals surface area contributed by atoms with Gasteiger partial charge in [0.2, 0.25) is 0 Å². The highest BCUT2D eigenvalue weighted by Gasteiger charge is 2.48. The normalized spacial score (nSPS) is 18.3. The lowest BCUT2D eigenvalue weighted by Gasteiger charge is -2.23. The number of ketones is 1. The number of carbonyl (C=O) groups excluding carboxylic acids is 2. The first kappa shape index (κ1) is 19.5. The van der Waals surface area contributed by atoms with Gasteiger partial charge in [0.1, 0.15) is 11.3 Å². The number of hydrogen-bond donors (Lipinski definition) is 1. The van der Waals surface area contributed by atoms with Crippen molar-refractivity contribution in [2.24, 2.45) is 0 Å². The van der Waals surface area contributed by atoms with Crippen molar-refractivity contribution in [2.45, 2.75) is 13.0 Å². The lowest BCUT2D eigenvalue weighted by molar-refractivity contribution is -0.132. The van der Waals surface area contributed by atoms with E-state index >= 15 is 0 Å². The maximum atomic E-state index is 13.2. The number of aliphatic hydroxyl groups is 1. The minimum atomic E-state index is -0.850. The van der Waals surface area contributed by atoms with E-state index in [2.05, 4.69) is 9.97 Å². The molecule has 1 unspecified atom stereocenters. The minimum absolute atomic E-state index is 0.0173. The number of aryl methyl sites for hydroxylation is 1. The molecule has 1 saturated heterocycles. The van der Waals surface area contributed by atoms with E-state index in [1.807, 2.05) is 6.07 Å². The third kappa shape index (κ3) is 3.03. The number of anilines is 1. The molecule has 31 heavy (non-hydrogen) atoms. The van der Waals surface area contributed by atoms with Crippen molar-refractivity contribution >= 4 is 51.2 Å². The molecule has 1 aromatic carbocycles. The molecule has 1 N–H and O–H groups in total. The molecule has 0 bridgehead atoms. The molecule has 3 aromatic heterocycles. The molecule has 1 amide bonds. The molecule has 7 nitrogen and oxygen atoms in total. The molecule has 1 atom stereocenters. The van der Waals surface area contributed by atoms with Gasteiger partial charge in [-0.1, -0.05) is 29.8 Å². The van der Waals surface area contributed by atoms with E-state index in [9.17, 15) is 14.7 Å². The van der Waals surface area contributed by atoms with Crippen LogP contribution in [0.25, 0.3) is 11.4 Å². The molecule has 0 radical (unpaired) electrons. The Kier molecular flexibility index (Phi) is 4.60. The van der Waals surface area contributed by atoms with Crippen molar-refractivity contribution < 1.29 is 14.7 Å². The van der Waals surface area contributed by atoms with E-state index in [4.69, 9.17) is 11.6 Å². The van der Waals surface area contributed by atoms with Crippen LogP contribution in [0, 0.1) is 6.92 Å². The van der Waals surface area contributed by atoms with Crippen LogP contribution in [-0.2, 0) is 9.59 Å². The van der Waals surface area contributed by atoms with Crippen LogP contribution in [-0.4, -0.2) is 31.2 Å². The predicted molar refractivity (Wildman–Crippen MR) is 118 cm³/mol. The number of hydrogen-bond acceptors (Lipinski definition) is 6. The minimum Gasteiger partial charge on any atom is -0.505 e. The summed E-state index contributed by atoms with van der Waals surface area (Å²) in [5.74, 6) is -1.81. The Morgan fingerprint density at radius 1 is 1.16 bits per heavy atom. The number of rotatable bonds is 3. The average Bonchev–Trinajstić information content (AvgIpc) is 3.45. The van der Waals surface area contributed by atoms with Crippen LogP contribution in [0.2, 0.25) is 5.02 Å². The van der Waals surface area contributed by atoms with E-state index in [-0.39, 0.29) is 11.3 Å². The monoisotopic (exact) mass is 450 g/mol. The summed E-state index contributed by atoms with van der Waals surface area (Å²) < 4.78 is 1.69. The number of imidazole rings is 1. The molecule has 4 aromatic rings. The summed E-state index contributed by atoms with van der Waals surface area (Å²) in [6.45, 7) is 1.75. The van der Waals surface area contributed by atoms with Crippen LogP contribution >= 0.6 is 22.9 Å². The molecule has 1 aliphatic rings. The Morgan fingerprint density at radius 3 is 2.65 bits per heavy atom. The fraction of sp³-hybridized carbons (Fsp3) is 0.0909. The number of thiazole rings is 1. The first-order chi connectivity index (χ1) is 15.0. The van der Waals surface area contributed by atoms with E-state index in [1.54, 1.807) is 65.5 Å². The highest BCUT2D eigenvalue weighted by molar-refractivity contribution is 7.14. The largest absolute Gasteiger partial charge is 0.505 e. The van der Waals surface area contributed by atoms with Crippen LogP contribution in [0.15, 0.2) is 65.8 Å². The Bertz CT molecular complexity index is 1360. The van der Waals surface area contributed by atoms with Crippen molar-refractivity contribution in [3.05, 3.63) is 87.8 Å². The average molecular weight is 451 g/mol. The summed E-state index contributed by atoms with van der Waals surface area (Å²) in [5.41, 5.74) is 2.15. The van der Waals surface area contributed by atoms with Gasteiger partial charge in [-0.15, -0.1) is 11.3 Å². The standard InChI is InChI=1S/C22H15ClN4O3S/c1-12-17(26-10-3-2-4-15(26)25-12)19(28)16-18(13-5-7-14(23)8-6-13)27(21(30)20(16)29)22-24-9-11-31-22/h2-11,18,28H,1H3. The molecule has 1 aliphatic heterocycles. The van der Waals surface area contributed by atoms with Gasteiger partial charge >= 0.3 is 5.91 Å². The van der Waals surface area contributed by atoms with Crippen molar-refractivity contribution in [1.29, 1.82) is 0 Å². The second-order valence-corrected chi connectivity index (χ2v) is 8.32. The number of halogens is 1. The fourth-order valence-electron chi connectivity index (χ4n) is 3.85. The van der Waals surface area contributed by atoms with Crippen LogP contribution < -0.4 is 4.90 Å². The molecule has 4 heterocycles. The Hall–Kier alpha value is -3.49. The van der Waals surface area contributed by atoms with Gasteiger partial charge < -0.3 is 5.11 Å². The maximum absolute atomic E-state index is 13.2. The van der Waals surface area contributed by atoms with Gasteiger partial charge in [0.25, 0.3) is 5.78 Å². The van der Waals surface area contributed by atoms with Crippen molar-refractivity contribution in [3.8, 4) is 0 Å². The number of Topliss-reactive ketones (excluding diaryl/α,β-unsaturated/α-hetero) is 1. The van der Waals surface area contributed by atoms with E-state index < -0.39 is 17.7 Å². The zero-order valence-electron chi connectivity index (χ0n) is 16.2. The Balaban J connectivity index is 1.79. The van der Waals surface area contributed by atoms with Gasteiger partial charge in [-0.3, -0.25) is 18.9 Å². The number of amides is 1. The van der Waals surface area contributed by atoms with Gasteiger partial charge in [0.05, 0.1) is 17.3 Å². The molecular weight excluding hydrogens is 436 g/mol. The topological polar surface area (TPSA) is 87.8 Å². The van der Waals surface area contributed by atoms with Crippen molar-refractivity contribution in [3.63, 3.8) is 0 Å². The molecule has 9 heteroatoms. The second-order valence-electron chi connectivity index (χ2n) is 7.01. The highest BCUT2D eigenvalue weighted by Crippen LogP contribution is 2.43. The molecule has 154 valence electrons. The second kappa shape index (κ2) is 7.33. The van der Waals surface area contributed by atoms with Crippen LogP contribution in [0.5, 0.6) is 0 Å². The van der Waals surface area contributed by atoms with Crippen LogP contribution in [0.4, 0.5) is 5.13 Å². The van der Waals surface area contributed by atoms with Gasteiger partial charge in [0.15, 0.2) is 10.9 Å². The van der Waals surface area contributed by atoms with Gasteiger partial charge in [-0.05, 0) is 36.8 Å². The number of aromatic nitrogens is 3. The lowest BCUT2D eigenvalue weighted by Crippen LogP contribution is -2.29. The van der Waals surface area contributed by atoms with E-state index in [1.165, 1.54) is 16.2 Å². The van der Waals surface area contributed by atoms with Crippen molar-refractivity contribution in [1.82, 2.24) is 14.4 Å². The summed E-state index contributed by atoms with van der Waals surface area (Å²) in [5, 5.41) is 14.0. The summed E-state index contributed by atoms with van der Waals surface area (Å²) in [7, 11) is 0. The van der Waals surface area contributed by atoms with Crippen LogP contribution in [0.1, 0.15) is 23.0 Å². The zero-order chi connectivity index (χ0) is 21.7. The van der Waals surface area contributed by atoms with Gasteiger partial charge in [-0.25, -0.2) is 9.97 Å². The number of pyridine rings is 1. The smallest absolute Gasteiger partial charge is 0.301 e. The number of benzene rings is 1. The van der Waals surface area contributed by atoms with Crippen LogP contribution in [0.3, 0.4) is 0 Å². The third-order valence-electron chi connectivity index (χ3n) is 5.18. The zero-order valence-corrected chi connectivity index (χ0v) is 17.8. The molecular formula is C22H15ClN4O3S. The summed E-state index contributed by atoms with van der Waals surface area (Å²) in [6.07, 6.45) is 3.31. The summed E-state index contributed by atoms with van der Waals surface area (Å²) in [4.78, 5) is 36.2. The Morgan fingerprint density at radius 2 is 1.94 bits per heavy atom. The van der Waals surface area contributed by atoms with E-state index in [0.29, 0.717) is 32.8 Å². The molecule has 1 fully saturated rings. The summed E-state index contributed by atoms with van der Waals surface area (Å²) in [6, 6.07) is 11.4. The van der Waals surface area contributed by atoms with Gasteiger partial charge in [-0.2, -0.15) is 0 Å². The van der Waals surface area contributed by atoms with E-state index in [0.717, 1.165) is 0 Å². The molecule has 0 spiro atoms.